The Morgan fingerprint density at radius 2 is 1.90 bits per heavy atom. The van der Waals surface area contributed by atoms with Gasteiger partial charge in [0.1, 0.15) is 11.6 Å². The Balaban J connectivity index is 1.74. The van der Waals surface area contributed by atoms with Crippen molar-refractivity contribution in [2.24, 2.45) is 16.3 Å². The first-order chi connectivity index (χ1) is 19.9. The second kappa shape index (κ2) is 13.1. The number of likely N-dealkylation sites (tertiary alicyclic amines) is 1. The Hall–Kier alpha value is -3.67. The van der Waals surface area contributed by atoms with E-state index in [1.807, 2.05) is 18.4 Å². The number of hydrogen-bond donors (Lipinski definition) is 2. The van der Waals surface area contributed by atoms with Crippen LogP contribution in [-0.4, -0.2) is 45.4 Å². The molecule has 0 aliphatic carbocycles. The number of imidazole rings is 1. The van der Waals surface area contributed by atoms with Gasteiger partial charge < -0.3 is 19.8 Å². The molecular formula is C33H41ClN6O2. The fourth-order valence-electron chi connectivity index (χ4n) is 5.09. The number of nitrogens with zero attached hydrogens (tertiary/aromatic N) is 4. The normalized spacial score (nSPS) is 17.5. The molecule has 1 fully saturated rings. The van der Waals surface area contributed by atoms with Gasteiger partial charge >= 0.3 is 0 Å². The van der Waals surface area contributed by atoms with E-state index in [1.165, 1.54) is 0 Å². The third kappa shape index (κ3) is 7.39. The molecule has 8 nitrogen and oxygen atoms in total. The Kier molecular flexibility index (Phi) is 9.75. The van der Waals surface area contributed by atoms with Gasteiger partial charge in [-0.05, 0) is 73.1 Å². The predicted molar refractivity (Wildman–Crippen MR) is 167 cm³/mol. The highest BCUT2D eigenvalue weighted by Gasteiger charge is 2.29. The standard InChI is InChI=1S/C33H41ClN6O2/c1-21(2)16-25(18-35)31(42)39-15-7-8-27(20-39)40-29-14-9-23(19-36-22(3)33(4,5)6)17-28(29)37-32(40)38-30(41)24-10-12-26(34)13-11-24/h9-14,16-17,21-22,27,36H,7-8,15,19-20H2,1-6H3,(H,37,38,41). The fourth-order valence-corrected chi connectivity index (χ4v) is 5.22. The largest absolute Gasteiger partial charge is 0.336 e. The van der Waals surface area contributed by atoms with Crippen molar-refractivity contribution < 1.29 is 9.59 Å². The Morgan fingerprint density at radius 1 is 1.19 bits per heavy atom. The summed E-state index contributed by atoms with van der Waals surface area (Å²) in [6, 6.07) is 15.2. The van der Waals surface area contributed by atoms with E-state index in [2.05, 4.69) is 67.3 Å². The van der Waals surface area contributed by atoms with Crippen LogP contribution in [0.4, 0.5) is 0 Å². The third-order valence-electron chi connectivity index (χ3n) is 7.90. The summed E-state index contributed by atoms with van der Waals surface area (Å²) in [5.41, 5.74) is 4.04. The summed E-state index contributed by atoms with van der Waals surface area (Å²) in [7, 11) is 0. The van der Waals surface area contributed by atoms with Gasteiger partial charge in [-0.25, -0.2) is 0 Å². The molecule has 0 spiro atoms. The van der Waals surface area contributed by atoms with Crippen LogP contribution >= 0.6 is 11.6 Å². The van der Waals surface area contributed by atoms with Crippen LogP contribution in [0.2, 0.25) is 5.02 Å². The second-order valence-corrected chi connectivity index (χ2v) is 13.0. The van der Waals surface area contributed by atoms with Crippen LogP contribution in [-0.2, 0) is 11.3 Å². The number of nitrogens with one attached hydrogen (secondary N) is 2. The number of carbonyl (C=O) groups is 2. The van der Waals surface area contributed by atoms with E-state index in [4.69, 9.17) is 11.6 Å². The molecule has 4 rings (SSSR count). The van der Waals surface area contributed by atoms with Crippen molar-refractivity contribution in [2.75, 3.05) is 13.1 Å². The zero-order chi connectivity index (χ0) is 30.6. The molecule has 1 aliphatic rings. The number of allylic oxidation sites excluding steroid dienone is 1. The maximum absolute atomic E-state index is 13.3. The smallest absolute Gasteiger partial charge is 0.280 e. The molecule has 2 heterocycles. The molecule has 1 saturated heterocycles. The van der Waals surface area contributed by atoms with Gasteiger partial charge in [-0.3, -0.25) is 9.59 Å². The van der Waals surface area contributed by atoms with E-state index in [9.17, 15) is 14.9 Å². The predicted octanol–water partition coefficient (Wildman–Crippen LogP) is 6.16. The summed E-state index contributed by atoms with van der Waals surface area (Å²) in [5, 5.41) is 13.8. The number of piperidine rings is 1. The van der Waals surface area contributed by atoms with Crippen molar-refractivity contribution in [1.82, 2.24) is 19.8 Å². The Labute approximate surface area is 253 Å². The Bertz CT molecular complexity index is 1580. The number of nitriles is 1. The Morgan fingerprint density at radius 3 is 2.55 bits per heavy atom. The first-order valence-corrected chi connectivity index (χ1v) is 15.0. The zero-order valence-electron chi connectivity index (χ0n) is 25.4. The van der Waals surface area contributed by atoms with Crippen LogP contribution in [0.1, 0.15) is 76.3 Å². The van der Waals surface area contributed by atoms with Crippen LogP contribution < -0.4 is 10.9 Å². The first-order valence-electron chi connectivity index (χ1n) is 14.6. The molecule has 1 aliphatic heterocycles. The maximum atomic E-state index is 13.3. The van der Waals surface area contributed by atoms with Crippen molar-refractivity contribution >= 4 is 34.4 Å². The second-order valence-electron chi connectivity index (χ2n) is 12.5. The number of aromatic amines is 1. The molecule has 1 aromatic heterocycles. The third-order valence-corrected chi connectivity index (χ3v) is 8.16. The molecule has 222 valence electrons. The van der Waals surface area contributed by atoms with Crippen LogP contribution in [0, 0.1) is 22.7 Å². The van der Waals surface area contributed by atoms with E-state index in [-0.39, 0.29) is 34.8 Å². The lowest BCUT2D eigenvalue weighted by Gasteiger charge is -2.33. The van der Waals surface area contributed by atoms with Crippen LogP contribution in [0.3, 0.4) is 0 Å². The number of aromatic nitrogens is 2. The van der Waals surface area contributed by atoms with Crippen molar-refractivity contribution in [3.63, 3.8) is 0 Å². The number of rotatable bonds is 7. The quantitative estimate of drug-likeness (QED) is 0.255. The summed E-state index contributed by atoms with van der Waals surface area (Å²) in [5.74, 6) is -0.553. The maximum Gasteiger partial charge on any atom is 0.280 e. The number of benzene rings is 2. The number of carbonyl (C=O) groups excluding carboxylic acids is 2. The molecule has 9 heteroatoms. The highest BCUT2D eigenvalue weighted by atomic mass is 35.5. The molecule has 0 bridgehead atoms. The summed E-state index contributed by atoms with van der Waals surface area (Å²) >= 11 is 6.03. The average Bonchev–Trinajstić information content (AvgIpc) is 3.30. The summed E-state index contributed by atoms with van der Waals surface area (Å²) in [6.07, 6.45) is 3.29. The lowest BCUT2D eigenvalue weighted by molar-refractivity contribution is -0.128. The zero-order valence-corrected chi connectivity index (χ0v) is 26.1. The van der Waals surface area contributed by atoms with Gasteiger partial charge in [0, 0.05) is 36.3 Å². The molecular weight excluding hydrogens is 548 g/mol. The summed E-state index contributed by atoms with van der Waals surface area (Å²) in [4.78, 5) is 36.1. The molecule has 2 N–H and O–H groups in total. The molecule has 0 saturated carbocycles. The SMILES string of the molecule is CC(C)C=C(C#N)C(=O)N1CCCC(n2c(=NC(=O)c3ccc(Cl)cc3)[nH]c3cc(CNC(C)C(C)(C)C)ccc32)C1. The minimum Gasteiger partial charge on any atom is -0.336 e. The monoisotopic (exact) mass is 588 g/mol. The van der Waals surface area contributed by atoms with Gasteiger partial charge in [0.25, 0.3) is 11.8 Å². The fraction of sp³-hybridized carbons (Fsp3) is 0.455. The summed E-state index contributed by atoms with van der Waals surface area (Å²) in [6.45, 7) is 14.4. The average molecular weight is 589 g/mol. The van der Waals surface area contributed by atoms with Gasteiger partial charge in [0.05, 0.1) is 17.1 Å². The molecule has 3 aromatic rings. The molecule has 0 radical (unpaired) electrons. The number of H-pyrrole nitrogens is 1. The van der Waals surface area contributed by atoms with Crippen molar-refractivity contribution in [3.8, 4) is 6.07 Å². The van der Waals surface area contributed by atoms with Gasteiger partial charge in [0.15, 0.2) is 0 Å². The van der Waals surface area contributed by atoms with Gasteiger partial charge in [-0.2, -0.15) is 10.3 Å². The molecule has 2 unspecified atom stereocenters. The van der Waals surface area contributed by atoms with E-state index in [0.717, 1.165) is 29.4 Å². The molecule has 2 amide bonds. The number of halogens is 1. The van der Waals surface area contributed by atoms with Gasteiger partial charge in [0.2, 0.25) is 5.62 Å². The minimum absolute atomic E-state index is 0.0894. The summed E-state index contributed by atoms with van der Waals surface area (Å²) < 4.78 is 2.04. The van der Waals surface area contributed by atoms with Gasteiger partial charge in [-0.15, -0.1) is 0 Å². The lowest BCUT2D eigenvalue weighted by Crippen LogP contribution is -2.43. The number of amides is 2. The van der Waals surface area contributed by atoms with Crippen LogP contribution in [0.5, 0.6) is 0 Å². The van der Waals surface area contributed by atoms with Crippen molar-refractivity contribution in [1.29, 1.82) is 5.26 Å². The lowest BCUT2D eigenvalue weighted by atomic mass is 9.88. The van der Waals surface area contributed by atoms with E-state index >= 15 is 0 Å². The van der Waals surface area contributed by atoms with Crippen LogP contribution in [0.15, 0.2) is 59.1 Å². The van der Waals surface area contributed by atoms with Gasteiger partial charge in [-0.1, -0.05) is 58.4 Å². The topological polar surface area (TPSA) is 106 Å². The molecule has 2 aromatic carbocycles. The highest BCUT2D eigenvalue weighted by Crippen LogP contribution is 2.26. The van der Waals surface area contributed by atoms with Crippen molar-refractivity contribution in [3.05, 3.63) is 75.9 Å². The van der Waals surface area contributed by atoms with E-state index in [0.29, 0.717) is 41.9 Å². The number of fused-ring (bicyclic) bond motifs is 1. The minimum atomic E-state index is -0.386. The highest BCUT2D eigenvalue weighted by molar-refractivity contribution is 6.30. The van der Waals surface area contributed by atoms with E-state index < -0.39 is 0 Å². The first kappa shape index (κ1) is 31.3. The molecule has 42 heavy (non-hydrogen) atoms. The van der Waals surface area contributed by atoms with E-state index in [1.54, 1.807) is 35.2 Å². The molecule has 2 atom stereocenters. The van der Waals surface area contributed by atoms with Crippen molar-refractivity contribution in [2.45, 2.75) is 73.0 Å². The number of hydrogen-bond acceptors (Lipinski definition) is 4. The van der Waals surface area contributed by atoms with Crippen LogP contribution in [0.25, 0.3) is 11.0 Å².